The Balaban J connectivity index is 1.79. The summed E-state index contributed by atoms with van der Waals surface area (Å²) in [7, 11) is 1.64. The summed E-state index contributed by atoms with van der Waals surface area (Å²) in [5.74, 6) is 0.822. The molecule has 1 aromatic rings. The number of benzene rings is 1. The molecule has 2 rings (SSSR count). The van der Waals surface area contributed by atoms with Gasteiger partial charge < -0.3 is 25.3 Å². The smallest absolute Gasteiger partial charge is 0.407 e. The molecule has 0 aliphatic heterocycles. The van der Waals surface area contributed by atoms with Crippen LogP contribution in [-0.4, -0.2) is 37.0 Å². The van der Waals surface area contributed by atoms with Gasteiger partial charge in [0.2, 0.25) is 0 Å². The van der Waals surface area contributed by atoms with E-state index in [0.29, 0.717) is 13.0 Å². The van der Waals surface area contributed by atoms with E-state index in [4.69, 9.17) is 19.9 Å². The lowest BCUT2D eigenvalue weighted by Gasteiger charge is -2.23. The molecule has 24 heavy (non-hydrogen) atoms. The third-order valence-corrected chi connectivity index (χ3v) is 3.92. The largest absolute Gasteiger partial charge is 0.497 e. The Kier molecular flexibility index (Phi) is 6.07. The molecule has 6 nitrogen and oxygen atoms in total. The van der Waals surface area contributed by atoms with Gasteiger partial charge in [-0.2, -0.15) is 0 Å². The third kappa shape index (κ3) is 5.69. The lowest BCUT2D eigenvalue weighted by Crippen LogP contribution is -2.45. The number of amides is 1. The van der Waals surface area contributed by atoms with Gasteiger partial charge in [-0.3, -0.25) is 0 Å². The normalized spacial score (nSPS) is 23.8. The fraction of sp³-hybridized carbons (Fsp3) is 0.611. The van der Waals surface area contributed by atoms with E-state index in [9.17, 15) is 4.79 Å². The number of methoxy groups -OCH3 is 1. The summed E-state index contributed by atoms with van der Waals surface area (Å²) in [4.78, 5) is 11.9. The van der Waals surface area contributed by atoms with Crippen LogP contribution in [0.2, 0.25) is 0 Å². The van der Waals surface area contributed by atoms with E-state index >= 15 is 0 Å². The second-order valence-electron chi connectivity index (χ2n) is 7.17. The zero-order chi connectivity index (χ0) is 17.7. The van der Waals surface area contributed by atoms with E-state index in [1.807, 2.05) is 45.0 Å². The molecule has 0 radical (unpaired) electrons. The molecule has 0 heterocycles. The first-order valence-electron chi connectivity index (χ1n) is 8.26. The Bertz CT molecular complexity index is 539. The number of nitrogens with one attached hydrogen (secondary N) is 1. The number of hydrogen-bond donors (Lipinski definition) is 2. The van der Waals surface area contributed by atoms with Crippen molar-refractivity contribution in [3.8, 4) is 5.75 Å². The Morgan fingerprint density at radius 3 is 2.50 bits per heavy atom. The Hall–Kier alpha value is -1.79. The van der Waals surface area contributed by atoms with E-state index in [2.05, 4.69) is 5.32 Å². The standard InChI is InChI=1S/C18H28N2O4/c1-18(2,3)24-17(21)20-16-10-14(9-15(16)19)23-11-12-5-7-13(22-4)8-6-12/h5-8,14-16H,9-11,19H2,1-4H3,(H,20,21). The van der Waals surface area contributed by atoms with Gasteiger partial charge in [-0.15, -0.1) is 0 Å². The van der Waals surface area contributed by atoms with Gasteiger partial charge >= 0.3 is 6.09 Å². The topological polar surface area (TPSA) is 82.8 Å². The van der Waals surface area contributed by atoms with E-state index in [1.165, 1.54) is 0 Å². The van der Waals surface area contributed by atoms with Crippen LogP contribution in [-0.2, 0) is 16.1 Å². The van der Waals surface area contributed by atoms with Crippen LogP contribution in [0.5, 0.6) is 5.75 Å². The quantitative estimate of drug-likeness (QED) is 0.863. The van der Waals surface area contributed by atoms with Crippen LogP contribution in [0.3, 0.4) is 0 Å². The third-order valence-electron chi connectivity index (χ3n) is 3.92. The molecule has 0 bridgehead atoms. The monoisotopic (exact) mass is 336 g/mol. The van der Waals surface area contributed by atoms with Crippen molar-refractivity contribution < 1.29 is 19.0 Å². The number of alkyl carbamates (subject to hydrolysis) is 1. The van der Waals surface area contributed by atoms with Crippen LogP contribution in [0.4, 0.5) is 4.79 Å². The van der Waals surface area contributed by atoms with Gasteiger partial charge in [0, 0.05) is 12.1 Å². The first-order valence-corrected chi connectivity index (χ1v) is 8.26. The Morgan fingerprint density at radius 1 is 1.25 bits per heavy atom. The number of hydrogen-bond acceptors (Lipinski definition) is 5. The van der Waals surface area contributed by atoms with Gasteiger partial charge in [0.05, 0.1) is 19.8 Å². The zero-order valence-electron chi connectivity index (χ0n) is 14.9. The summed E-state index contributed by atoms with van der Waals surface area (Å²) in [5, 5.41) is 2.85. The minimum absolute atomic E-state index is 0.0297. The van der Waals surface area contributed by atoms with Crippen LogP contribution in [0.15, 0.2) is 24.3 Å². The summed E-state index contributed by atoms with van der Waals surface area (Å²) in [6, 6.07) is 7.52. The van der Waals surface area contributed by atoms with Crippen molar-refractivity contribution in [2.75, 3.05) is 7.11 Å². The molecule has 1 fully saturated rings. The van der Waals surface area contributed by atoms with Crippen molar-refractivity contribution in [1.29, 1.82) is 0 Å². The highest BCUT2D eigenvalue weighted by Gasteiger charge is 2.34. The number of ether oxygens (including phenoxy) is 3. The average molecular weight is 336 g/mol. The van der Waals surface area contributed by atoms with Crippen LogP contribution in [0, 0.1) is 0 Å². The molecular weight excluding hydrogens is 308 g/mol. The molecule has 1 amide bonds. The lowest BCUT2D eigenvalue weighted by atomic mass is 10.2. The summed E-state index contributed by atoms with van der Waals surface area (Å²) < 4.78 is 16.3. The number of rotatable bonds is 5. The summed E-state index contributed by atoms with van der Waals surface area (Å²) in [6.45, 7) is 6.02. The van der Waals surface area contributed by atoms with Gasteiger partial charge in [0.25, 0.3) is 0 Å². The van der Waals surface area contributed by atoms with Crippen molar-refractivity contribution >= 4 is 6.09 Å². The molecule has 134 valence electrons. The minimum Gasteiger partial charge on any atom is -0.497 e. The molecule has 0 saturated heterocycles. The lowest BCUT2D eigenvalue weighted by molar-refractivity contribution is 0.0400. The molecule has 1 aromatic carbocycles. The van der Waals surface area contributed by atoms with E-state index in [0.717, 1.165) is 17.7 Å². The zero-order valence-corrected chi connectivity index (χ0v) is 14.9. The Labute approximate surface area is 143 Å². The maximum Gasteiger partial charge on any atom is 0.407 e. The molecule has 1 aliphatic rings. The van der Waals surface area contributed by atoms with Crippen molar-refractivity contribution in [1.82, 2.24) is 5.32 Å². The molecule has 3 atom stereocenters. The van der Waals surface area contributed by atoms with Crippen molar-refractivity contribution in [2.24, 2.45) is 5.73 Å². The van der Waals surface area contributed by atoms with Crippen molar-refractivity contribution in [2.45, 2.75) is 64.0 Å². The first-order chi connectivity index (χ1) is 11.3. The molecular formula is C18H28N2O4. The first kappa shape index (κ1) is 18.5. The molecule has 3 unspecified atom stereocenters. The highest BCUT2D eigenvalue weighted by atomic mass is 16.6. The molecule has 1 saturated carbocycles. The van der Waals surface area contributed by atoms with Crippen LogP contribution in [0.1, 0.15) is 39.2 Å². The van der Waals surface area contributed by atoms with E-state index < -0.39 is 11.7 Å². The summed E-state index contributed by atoms with van der Waals surface area (Å²) in [5.41, 5.74) is 6.68. The van der Waals surface area contributed by atoms with E-state index in [-0.39, 0.29) is 18.2 Å². The van der Waals surface area contributed by atoms with Crippen molar-refractivity contribution in [3.63, 3.8) is 0 Å². The van der Waals surface area contributed by atoms with Gasteiger partial charge in [-0.05, 0) is 51.3 Å². The molecule has 6 heteroatoms. The van der Waals surface area contributed by atoms with Crippen molar-refractivity contribution in [3.05, 3.63) is 29.8 Å². The predicted molar refractivity (Wildman–Crippen MR) is 91.9 cm³/mol. The van der Waals surface area contributed by atoms with Gasteiger partial charge in [-0.1, -0.05) is 12.1 Å². The Morgan fingerprint density at radius 2 is 1.92 bits per heavy atom. The minimum atomic E-state index is -0.517. The fourth-order valence-corrected chi connectivity index (χ4v) is 2.72. The maximum absolute atomic E-state index is 11.9. The molecule has 0 aromatic heterocycles. The second-order valence-corrected chi connectivity index (χ2v) is 7.17. The second kappa shape index (κ2) is 7.85. The summed E-state index contributed by atoms with van der Waals surface area (Å²) >= 11 is 0. The highest BCUT2D eigenvalue weighted by molar-refractivity contribution is 5.68. The highest BCUT2D eigenvalue weighted by Crippen LogP contribution is 2.23. The predicted octanol–water partition coefficient (Wildman–Crippen LogP) is 2.59. The van der Waals surface area contributed by atoms with Crippen LogP contribution >= 0.6 is 0 Å². The molecule has 0 spiro atoms. The summed E-state index contributed by atoms with van der Waals surface area (Å²) in [6.07, 6.45) is 1.01. The number of carbonyl (C=O) groups excluding carboxylic acids is 1. The number of carbonyl (C=O) groups is 1. The maximum atomic E-state index is 11.9. The van der Waals surface area contributed by atoms with Crippen LogP contribution < -0.4 is 15.8 Å². The van der Waals surface area contributed by atoms with Crippen LogP contribution in [0.25, 0.3) is 0 Å². The SMILES string of the molecule is COc1ccc(COC2CC(N)C(NC(=O)OC(C)(C)C)C2)cc1. The van der Waals surface area contributed by atoms with Gasteiger partial charge in [-0.25, -0.2) is 4.79 Å². The van der Waals surface area contributed by atoms with E-state index in [1.54, 1.807) is 7.11 Å². The van der Waals surface area contributed by atoms with Gasteiger partial charge in [0.15, 0.2) is 0 Å². The fourth-order valence-electron chi connectivity index (χ4n) is 2.72. The van der Waals surface area contributed by atoms with Gasteiger partial charge in [0.1, 0.15) is 11.4 Å². The molecule has 3 N–H and O–H groups in total. The number of nitrogens with two attached hydrogens (primary N) is 1. The average Bonchev–Trinajstić information content (AvgIpc) is 2.84. The molecule has 1 aliphatic carbocycles.